The van der Waals surface area contributed by atoms with E-state index in [4.69, 9.17) is 5.73 Å². The Morgan fingerprint density at radius 3 is 2.43 bits per heavy atom. The molecule has 0 bridgehead atoms. The summed E-state index contributed by atoms with van der Waals surface area (Å²) in [5.41, 5.74) is 8.60. The normalized spacial score (nSPS) is 10.4. The lowest BCUT2D eigenvalue weighted by Crippen LogP contribution is -2.24. The van der Waals surface area contributed by atoms with E-state index < -0.39 is 11.7 Å². The fourth-order valence-electron chi connectivity index (χ4n) is 2.13. The van der Waals surface area contributed by atoms with Crippen LogP contribution in [0, 0.1) is 12.7 Å². The van der Waals surface area contributed by atoms with E-state index >= 15 is 0 Å². The summed E-state index contributed by atoms with van der Waals surface area (Å²) < 4.78 is 13.9. The molecule has 2 aromatic rings. The maximum absolute atomic E-state index is 13.9. The quantitative estimate of drug-likeness (QED) is 0.848. The highest BCUT2D eigenvalue weighted by molar-refractivity contribution is 5.95. The van der Waals surface area contributed by atoms with E-state index in [2.05, 4.69) is 12.2 Å². The van der Waals surface area contributed by atoms with E-state index in [1.165, 1.54) is 17.7 Å². The van der Waals surface area contributed by atoms with Crippen LogP contribution in [-0.4, -0.2) is 5.91 Å². The lowest BCUT2D eigenvalue weighted by atomic mass is 10.1. The van der Waals surface area contributed by atoms with Crippen molar-refractivity contribution in [2.24, 2.45) is 0 Å². The first-order valence-electron chi connectivity index (χ1n) is 6.93. The summed E-state index contributed by atoms with van der Waals surface area (Å²) in [7, 11) is 0. The molecule has 2 rings (SSSR count). The van der Waals surface area contributed by atoms with Crippen molar-refractivity contribution >= 4 is 11.6 Å². The lowest BCUT2D eigenvalue weighted by molar-refractivity contribution is 0.0946. The molecule has 0 saturated heterocycles. The first-order valence-corrected chi connectivity index (χ1v) is 6.93. The van der Waals surface area contributed by atoms with Crippen molar-refractivity contribution in [3.8, 4) is 0 Å². The number of nitrogen functional groups attached to an aromatic ring is 1. The molecule has 3 N–H and O–H groups in total. The van der Waals surface area contributed by atoms with Crippen molar-refractivity contribution in [1.29, 1.82) is 0 Å². The number of hydrogen-bond donors (Lipinski definition) is 2. The monoisotopic (exact) mass is 286 g/mol. The maximum atomic E-state index is 13.9. The third-order valence-electron chi connectivity index (χ3n) is 3.41. The van der Waals surface area contributed by atoms with E-state index in [9.17, 15) is 9.18 Å². The van der Waals surface area contributed by atoms with Gasteiger partial charge in [0.25, 0.3) is 5.91 Å². The summed E-state index contributed by atoms with van der Waals surface area (Å²) in [5.74, 6) is -0.981. The van der Waals surface area contributed by atoms with E-state index in [1.807, 2.05) is 24.3 Å². The van der Waals surface area contributed by atoms with Crippen molar-refractivity contribution in [2.45, 2.75) is 26.8 Å². The van der Waals surface area contributed by atoms with Crippen molar-refractivity contribution in [2.75, 3.05) is 5.73 Å². The van der Waals surface area contributed by atoms with Crippen LogP contribution < -0.4 is 11.1 Å². The fraction of sp³-hybridized carbons (Fsp3) is 0.235. The number of halogens is 1. The van der Waals surface area contributed by atoms with Crippen LogP contribution in [0.4, 0.5) is 10.1 Å². The Morgan fingerprint density at radius 1 is 1.19 bits per heavy atom. The van der Waals surface area contributed by atoms with Gasteiger partial charge in [0, 0.05) is 12.2 Å². The smallest absolute Gasteiger partial charge is 0.254 e. The van der Waals surface area contributed by atoms with Gasteiger partial charge in [0.05, 0.1) is 5.56 Å². The van der Waals surface area contributed by atoms with Gasteiger partial charge in [-0.05, 0) is 42.2 Å². The van der Waals surface area contributed by atoms with Crippen LogP contribution in [0.25, 0.3) is 0 Å². The third-order valence-corrected chi connectivity index (χ3v) is 3.41. The Labute approximate surface area is 124 Å². The minimum absolute atomic E-state index is 0.0160. The molecular weight excluding hydrogens is 267 g/mol. The number of nitrogens with two attached hydrogens (primary N) is 1. The number of rotatable bonds is 4. The number of nitrogens with one attached hydrogen (secondary N) is 1. The average Bonchev–Trinajstić information content (AvgIpc) is 2.49. The van der Waals surface area contributed by atoms with Gasteiger partial charge in [0.1, 0.15) is 5.82 Å². The molecule has 0 spiro atoms. The number of carbonyl (C=O) groups is 1. The zero-order chi connectivity index (χ0) is 15.4. The van der Waals surface area contributed by atoms with Crippen molar-refractivity contribution in [3.63, 3.8) is 0 Å². The summed E-state index contributed by atoms with van der Waals surface area (Å²) in [6.45, 7) is 4.03. The number of anilines is 1. The summed E-state index contributed by atoms with van der Waals surface area (Å²) in [5, 5.41) is 2.71. The van der Waals surface area contributed by atoms with Gasteiger partial charge < -0.3 is 11.1 Å². The molecule has 4 heteroatoms. The molecule has 1 amide bonds. The Hall–Kier alpha value is -2.36. The molecule has 110 valence electrons. The molecular formula is C17H19FN2O. The van der Waals surface area contributed by atoms with E-state index in [0.717, 1.165) is 12.0 Å². The number of carbonyl (C=O) groups excluding carboxylic acids is 1. The largest absolute Gasteiger partial charge is 0.399 e. The second kappa shape index (κ2) is 6.39. The van der Waals surface area contributed by atoms with E-state index in [0.29, 0.717) is 17.8 Å². The second-order valence-electron chi connectivity index (χ2n) is 5.05. The predicted octanol–water partition coefficient (Wildman–Crippen LogP) is 3.21. The summed E-state index contributed by atoms with van der Waals surface area (Å²) in [6.07, 6.45) is 0.973. The highest BCUT2D eigenvalue weighted by Gasteiger charge is 2.14. The van der Waals surface area contributed by atoms with Gasteiger partial charge in [-0.3, -0.25) is 4.79 Å². The molecule has 0 unspecified atom stereocenters. The summed E-state index contributed by atoms with van der Waals surface area (Å²) in [6, 6.07) is 10.8. The molecule has 0 fully saturated rings. The number of amides is 1. The Morgan fingerprint density at radius 2 is 1.81 bits per heavy atom. The van der Waals surface area contributed by atoms with Crippen LogP contribution in [0.3, 0.4) is 0 Å². The SMILES string of the molecule is CCc1ccc(CNC(=O)c2cc(N)cc(C)c2F)cc1. The minimum atomic E-state index is -0.525. The van der Waals surface area contributed by atoms with Crippen LogP contribution in [0.2, 0.25) is 0 Å². The zero-order valence-corrected chi connectivity index (χ0v) is 12.2. The first kappa shape index (κ1) is 15.0. The molecule has 21 heavy (non-hydrogen) atoms. The molecule has 0 aliphatic rings. The number of hydrogen-bond acceptors (Lipinski definition) is 2. The summed E-state index contributed by atoms with van der Waals surface area (Å²) >= 11 is 0. The Bertz CT molecular complexity index is 651. The topological polar surface area (TPSA) is 55.1 Å². The second-order valence-corrected chi connectivity index (χ2v) is 5.05. The zero-order valence-electron chi connectivity index (χ0n) is 12.2. The standard InChI is InChI=1S/C17H19FN2O/c1-3-12-4-6-13(7-5-12)10-20-17(21)15-9-14(19)8-11(2)16(15)18/h4-9H,3,10,19H2,1-2H3,(H,20,21). The number of benzene rings is 2. The van der Waals surface area contributed by atoms with Gasteiger partial charge >= 0.3 is 0 Å². The van der Waals surface area contributed by atoms with Crippen LogP contribution >= 0.6 is 0 Å². The molecule has 0 aromatic heterocycles. The molecule has 2 aromatic carbocycles. The van der Waals surface area contributed by atoms with Gasteiger partial charge in [-0.1, -0.05) is 31.2 Å². The molecule has 0 heterocycles. The average molecular weight is 286 g/mol. The van der Waals surface area contributed by atoms with Gasteiger partial charge in [0.15, 0.2) is 0 Å². The third kappa shape index (κ3) is 3.60. The first-order chi connectivity index (χ1) is 10.0. The minimum Gasteiger partial charge on any atom is -0.399 e. The molecule has 0 radical (unpaired) electrons. The highest BCUT2D eigenvalue weighted by Crippen LogP contribution is 2.17. The Balaban J connectivity index is 2.08. The van der Waals surface area contributed by atoms with E-state index in [-0.39, 0.29) is 5.56 Å². The Kier molecular flexibility index (Phi) is 4.58. The molecule has 0 aliphatic heterocycles. The van der Waals surface area contributed by atoms with Crippen LogP contribution in [-0.2, 0) is 13.0 Å². The molecule has 0 saturated carbocycles. The predicted molar refractivity (Wildman–Crippen MR) is 82.5 cm³/mol. The molecule has 3 nitrogen and oxygen atoms in total. The fourth-order valence-corrected chi connectivity index (χ4v) is 2.13. The van der Waals surface area contributed by atoms with Crippen molar-refractivity contribution in [1.82, 2.24) is 5.32 Å². The maximum Gasteiger partial charge on any atom is 0.254 e. The van der Waals surface area contributed by atoms with Gasteiger partial charge in [-0.25, -0.2) is 4.39 Å². The summed E-state index contributed by atoms with van der Waals surface area (Å²) in [4.78, 5) is 12.1. The number of aryl methyl sites for hydroxylation is 2. The lowest BCUT2D eigenvalue weighted by Gasteiger charge is -2.09. The van der Waals surface area contributed by atoms with Crippen LogP contribution in [0.1, 0.15) is 34.0 Å². The molecule has 0 aliphatic carbocycles. The van der Waals surface area contributed by atoms with Gasteiger partial charge in [-0.2, -0.15) is 0 Å². The van der Waals surface area contributed by atoms with Crippen molar-refractivity contribution in [3.05, 3.63) is 64.5 Å². The van der Waals surface area contributed by atoms with Crippen LogP contribution in [0.15, 0.2) is 36.4 Å². The van der Waals surface area contributed by atoms with Crippen molar-refractivity contribution < 1.29 is 9.18 Å². The van der Waals surface area contributed by atoms with Crippen LogP contribution in [0.5, 0.6) is 0 Å². The van der Waals surface area contributed by atoms with E-state index in [1.54, 1.807) is 6.92 Å². The molecule has 0 atom stereocenters. The van der Waals surface area contributed by atoms with Gasteiger partial charge in [-0.15, -0.1) is 0 Å². The highest BCUT2D eigenvalue weighted by atomic mass is 19.1. The van der Waals surface area contributed by atoms with Gasteiger partial charge in [0.2, 0.25) is 0 Å².